The van der Waals surface area contributed by atoms with Crippen LogP contribution in [0.15, 0.2) is 23.0 Å². The smallest absolute Gasteiger partial charge is 0.0655 e. The van der Waals surface area contributed by atoms with Gasteiger partial charge in [-0.2, -0.15) is 4.37 Å². The van der Waals surface area contributed by atoms with Crippen LogP contribution in [-0.2, 0) is 6.54 Å². The summed E-state index contributed by atoms with van der Waals surface area (Å²) in [7, 11) is 0. The third-order valence-electron chi connectivity index (χ3n) is 1.58. The zero-order chi connectivity index (χ0) is 9.10. The number of nitrogens with zero attached hydrogens (tertiary/aromatic N) is 1. The lowest BCUT2D eigenvalue weighted by Gasteiger charge is -2.00. The maximum atomic E-state index is 5.94. The standard InChI is InChI=1S/C8H7ClN2S2/c9-7-1-2-12-8(7)4-10-6-3-11-13-5-6/h1-3,5,10H,4H2. The predicted molar refractivity (Wildman–Crippen MR) is 58.8 cm³/mol. The summed E-state index contributed by atoms with van der Waals surface area (Å²) in [6.07, 6.45) is 1.81. The van der Waals surface area contributed by atoms with Gasteiger partial charge < -0.3 is 5.32 Å². The number of anilines is 1. The van der Waals surface area contributed by atoms with Crippen LogP contribution < -0.4 is 5.32 Å². The molecule has 0 aromatic carbocycles. The molecule has 0 saturated carbocycles. The van der Waals surface area contributed by atoms with Gasteiger partial charge in [0.05, 0.1) is 23.5 Å². The minimum absolute atomic E-state index is 0.773. The van der Waals surface area contributed by atoms with Gasteiger partial charge in [0.1, 0.15) is 0 Å². The average Bonchev–Trinajstić information content (AvgIpc) is 2.72. The Morgan fingerprint density at radius 1 is 1.54 bits per heavy atom. The molecule has 2 aromatic rings. The SMILES string of the molecule is Clc1ccsc1CNc1cnsc1. The van der Waals surface area contributed by atoms with Crippen molar-refractivity contribution in [1.29, 1.82) is 0 Å². The number of hydrogen-bond acceptors (Lipinski definition) is 4. The van der Waals surface area contributed by atoms with Gasteiger partial charge in [0.25, 0.3) is 0 Å². The van der Waals surface area contributed by atoms with E-state index < -0.39 is 0 Å². The van der Waals surface area contributed by atoms with E-state index in [1.165, 1.54) is 11.5 Å². The van der Waals surface area contributed by atoms with Gasteiger partial charge in [0, 0.05) is 10.3 Å². The van der Waals surface area contributed by atoms with Crippen molar-refractivity contribution in [3.05, 3.63) is 32.9 Å². The van der Waals surface area contributed by atoms with E-state index in [0.717, 1.165) is 22.1 Å². The molecule has 0 atom stereocenters. The highest BCUT2D eigenvalue weighted by molar-refractivity contribution is 7.10. The van der Waals surface area contributed by atoms with Crippen LogP contribution in [0.4, 0.5) is 5.69 Å². The van der Waals surface area contributed by atoms with Gasteiger partial charge in [-0.25, -0.2) is 0 Å². The third kappa shape index (κ3) is 2.21. The number of thiophene rings is 1. The summed E-state index contributed by atoms with van der Waals surface area (Å²) in [4.78, 5) is 1.16. The molecule has 0 saturated heterocycles. The summed E-state index contributed by atoms with van der Waals surface area (Å²) < 4.78 is 3.99. The Labute approximate surface area is 89.3 Å². The van der Waals surface area contributed by atoms with Crippen LogP contribution in [0.3, 0.4) is 0 Å². The van der Waals surface area contributed by atoms with Gasteiger partial charge >= 0.3 is 0 Å². The zero-order valence-electron chi connectivity index (χ0n) is 6.66. The molecule has 0 fully saturated rings. The quantitative estimate of drug-likeness (QED) is 0.874. The second kappa shape index (κ2) is 4.09. The van der Waals surface area contributed by atoms with Crippen molar-refractivity contribution in [2.75, 3.05) is 5.32 Å². The first-order valence-electron chi connectivity index (χ1n) is 3.71. The molecule has 1 N–H and O–H groups in total. The van der Waals surface area contributed by atoms with Crippen molar-refractivity contribution in [3.63, 3.8) is 0 Å². The van der Waals surface area contributed by atoms with E-state index in [1.807, 2.05) is 23.0 Å². The van der Waals surface area contributed by atoms with Crippen LogP contribution in [0, 0.1) is 0 Å². The van der Waals surface area contributed by atoms with Crippen molar-refractivity contribution in [1.82, 2.24) is 4.37 Å². The highest BCUT2D eigenvalue weighted by atomic mass is 35.5. The molecule has 0 spiro atoms. The van der Waals surface area contributed by atoms with Gasteiger partial charge in [0.15, 0.2) is 0 Å². The van der Waals surface area contributed by atoms with E-state index in [0.29, 0.717) is 0 Å². The van der Waals surface area contributed by atoms with Gasteiger partial charge in [0.2, 0.25) is 0 Å². The Hall–Kier alpha value is -0.580. The molecular formula is C8H7ClN2S2. The van der Waals surface area contributed by atoms with Crippen LogP contribution in [0.5, 0.6) is 0 Å². The van der Waals surface area contributed by atoms with Crippen molar-refractivity contribution >= 4 is 40.2 Å². The fourth-order valence-electron chi connectivity index (χ4n) is 0.926. The molecule has 0 aliphatic rings. The van der Waals surface area contributed by atoms with E-state index in [1.54, 1.807) is 11.3 Å². The molecule has 2 rings (SSSR count). The van der Waals surface area contributed by atoms with Crippen molar-refractivity contribution in [2.45, 2.75) is 6.54 Å². The van der Waals surface area contributed by atoms with Crippen molar-refractivity contribution < 1.29 is 0 Å². The van der Waals surface area contributed by atoms with Gasteiger partial charge in [-0.15, -0.1) is 11.3 Å². The summed E-state index contributed by atoms with van der Waals surface area (Å²) in [6, 6.07) is 1.91. The monoisotopic (exact) mass is 230 g/mol. The third-order valence-corrected chi connectivity index (χ3v) is 3.55. The Morgan fingerprint density at radius 3 is 3.08 bits per heavy atom. The van der Waals surface area contributed by atoms with Gasteiger partial charge in [-0.3, -0.25) is 0 Å². The molecule has 0 aliphatic carbocycles. The normalized spacial score (nSPS) is 10.2. The van der Waals surface area contributed by atoms with E-state index >= 15 is 0 Å². The molecule has 2 aromatic heterocycles. The predicted octanol–water partition coefficient (Wildman–Crippen LogP) is 3.47. The minimum atomic E-state index is 0.773. The summed E-state index contributed by atoms with van der Waals surface area (Å²) in [5, 5.41) is 8.04. The highest BCUT2D eigenvalue weighted by Gasteiger charge is 2.01. The largest absolute Gasteiger partial charge is 0.378 e. The molecule has 2 heterocycles. The lowest BCUT2D eigenvalue weighted by molar-refractivity contribution is 1.19. The molecule has 5 heteroatoms. The van der Waals surface area contributed by atoms with Crippen molar-refractivity contribution in [2.24, 2.45) is 0 Å². The van der Waals surface area contributed by atoms with Gasteiger partial charge in [-0.1, -0.05) is 11.6 Å². The Morgan fingerprint density at radius 2 is 2.46 bits per heavy atom. The number of halogens is 1. The van der Waals surface area contributed by atoms with Crippen LogP contribution in [-0.4, -0.2) is 4.37 Å². The molecule has 68 valence electrons. The maximum Gasteiger partial charge on any atom is 0.0655 e. The van der Waals surface area contributed by atoms with Crippen LogP contribution in [0.25, 0.3) is 0 Å². The molecule has 0 bridgehead atoms. The number of nitrogens with one attached hydrogen (secondary N) is 1. The number of hydrogen-bond donors (Lipinski definition) is 1. The van der Waals surface area contributed by atoms with Crippen LogP contribution in [0.2, 0.25) is 5.02 Å². The average molecular weight is 231 g/mol. The number of rotatable bonds is 3. The first-order valence-corrected chi connectivity index (χ1v) is 5.81. The summed E-state index contributed by atoms with van der Waals surface area (Å²) >= 11 is 9.04. The second-order valence-electron chi connectivity index (χ2n) is 2.46. The fraction of sp³-hybridized carbons (Fsp3) is 0.125. The van der Waals surface area contributed by atoms with Crippen LogP contribution in [0.1, 0.15) is 4.88 Å². The Bertz CT molecular complexity index is 369. The van der Waals surface area contributed by atoms with E-state index in [4.69, 9.17) is 11.6 Å². The van der Waals surface area contributed by atoms with E-state index in [2.05, 4.69) is 9.69 Å². The van der Waals surface area contributed by atoms with Crippen molar-refractivity contribution in [3.8, 4) is 0 Å². The fourth-order valence-corrected chi connectivity index (χ4v) is 2.46. The van der Waals surface area contributed by atoms with Gasteiger partial charge in [-0.05, 0) is 23.0 Å². The number of aromatic nitrogens is 1. The lowest BCUT2D eigenvalue weighted by atomic mass is 10.4. The minimum Gasteiger partial charge on any atom is -0.378 e. The molecule has 2 nitrogen and oxygen atoms in total. The zero-order valence-corrected chi connectivity index (χ0v) is 9.05. The second-order valence-corrected chi connectivity index (χ2v) is 4.52. The summed E-state index contributed by atoms with van der Waals surface area (Å²) in [5.41, 5.74) is 1.05. The summed E-state index contributed by atoms with van der Waals surface area (Å²) in [5.74, 6) is 0. The Balaban J connectivity index is 1.97. The van der Waals surface area contributed by atoms with Crippen LogP contribution >= 0.6 is 34.5 Å². The molecule has 0 amide bonds. The highest BCUT2D eigenvalue weighted by Crippen LogP contribution is 2.23. The molecule has 13 heavy (non-hydrogen) atoms. The van der Waals surface area contributed by atoms with E-state index in [-0.39, 0.29) is 0 Å². The van der Waals surface area contributed by atoms with E-state index in [9.17, 15) is 0 Å². The first kappa shape index (κ1) is 8.99. The molecule has 0 radical (unpaired) electrons. The topological polar surface area (TPSA) is 24.9 Å². The first-order chi connectivity index (χ1) is 6.36. The summed E-state index contributed by atoms with van der Waals surface area (Å²) in [6.45, 7) is 0.773. The molecular weight excluding hydrogens is 224 g/mol. The Kier molecular flexibility index (Phi) is 2.83. The lowest BCUT2D eigenvalue weighted by Crippen LogP contribution is -1.95. The molecule has 0 aliphatic heterocycles. The molecule has 0 unspecified atom stereocenters. The maximum absolute atomic E-state index is 5.94.